The van der Waals surface area contributed by atoms with Crippen LogP contribution in [-0.4, -0.2) is 12.0 Å². The van der Waals surface area contributed by atoms with Crippen LogP contribution in [0.25, 0.3) is 0 Å². The Morgan fingerprint density at radius 3 is 2.64 bits per heavy atom. The molecule has 3 nitrogen and oxygen atoms in total. The molecule has 2 aromatic carbocycles. The number of nitrogens with one attached hydrogen (secondary N) is 1. The molecule has 2 aromatic rings. The number of hydrogen-bond donors (Lipinski definition) is 1. The fraction of sp³-hybridized carbons (Fsp3) is 0.278. The van der Waals surface area contributed by atoms with Gasteiger partial charge in [-0.15, -0.1) is 0 Å². The second kappa shape index (κ2) is 7.45. The van der Waals surface area contributed by atoms with E-state index in [9.17, 15) is 4.79 Å². The summed E-state index contributed by atoms with van der Waals surface area (Å²) in [5.41, 5.74) is 2.97. The molecule has 22 heavy (non-hydrogen) atoms. The average molecular weight is 362 g/mol. The van der Waals surface area contributed by atoms with Gasteiger partial charge in [0.15, 0.2) is 6.10 Å². The topological polar surface area (TPSA) is 38.3 Å². The smallest absolute Gasteiger partial charge is 0.265 e. The van der Waals surface area contributed by atoms with E-state index in [1.807, 2.05) is 63.2 Å². The first-order valence-corrected chi connectivity index (χ1v) is 8.09. The van der Waals surface area contributed by atoms with E-state index in [0.29, 0.717) is 6.42 Å². The molecule has 0 aromatic heterocycles. The molecule has 0 saturated carbocycles. The number of benzene rings is 2. The van der Waals surface area contributed by atoms with Crippen molar-refractivity contribution in [2.75, 3.05) is 5.32 Å². The number of halogens is 1. The lowest BCUT2D eigenvalue weighted by Crippen LogP contribution is -2.32. The van der Waals surface area contributed by atoms with Gasteiger partial charge >= 0.3 is 0 Å². The standard InChI is InChI=1S/C18H20BrNO2/c1-4-16(22-17-9-8-12(2)10-13(17)3)18(21)20-15-7-5-6-14(19)11-15/h5-11,16H,4H2,1-3H3,(H,20,21). The predicted molar refractivity (Wildman–Crippen MR) is 93.4 cm³/mol. The summed E-state index contributed by atoms with van der Waals surface area (Å²) in [6.45, 7) is 5.96. The number of rotatable bonds is 5. The van der Waals surface area contributed by atoms with Crippen molar-refractivity contribution in [2.45, 2.75) is 33.3 Å². The van der Waals surface area contributed by atoms with E-state index < -0.39 is 6.10 Å². The third-order valence-corrected chi connectivity index (χ3v) is 3.85. The molecule has 0 fully saturated rings. The van der Waals surface area contributed by atoms with Gasteiger partial charge in [-0.3, -0.25) is 4.79 Å². The number of anilines is 1. The van der Waals surface area contributed by atoms with Crippen molar-refractivity contribution in [1.82, 2.24) is 0 Å². The van der Waals surface area contributed by atoms with E-state index in [2.05, 4.69) is 21.2 Å². The lowest BCUT2D eigenvalue weighted by Gasteiger charge is -2.19. The molecule has 1 amide bonds. The van der Waals surface area contributed by atoms with Crippen LogP contribution in [0.3, 0.4) is 0 Å². The molecule has 0 bridgehead atoms. The van der Waals surface area contributed by atoms with Crippen LogP contribution in [-0.2, 0) is 4.79 Å². The van der Waals surface area contributed by atoms with Gasteiger partial charge in [-0.25, -0.2) is 0 Å². The SMILES string of the molecule is CCC(Oc1ccc(C)cc1C)C(=O)Nc1cccc(Br)c1. The zero-order chi connectivity index (χ0) is 16.1. The summed E-state index contributed by atoms with van der Waals surface area (Å²) < 4.78 is 6.81. The monoisotopic (exact) mass is 361 g/mol. The predicted octanol–water partition coefficient (Wildman–Crippen LogP) is 4.86. The fourth-order valence-corrected chi connectivity index (χ4v) is 2.60. The zero-order valence-electron chi connectivity index (χ0n) is 13.0. The molecular formula is C18H20BrNO2. The quantitative estimate of drug-likeness (QED) is 0.825. The fourth-order valence-electron chi connectivity index (χ4n) is 2.20. The summed E-state index contributed by atoms with van der Waals surface area (Å²) in [6, 6.07) is 13.5. The molecule has 1 atom stereocenters. The van der Waals surface area contributed by atoms with Gasteiger partial charge in [0.2, 0.25) is 0 Å². The molecular weight excluding hydrogens is 342 g/mol. The van der Waals surface area contributed by atoms with Crippen molar-refractivity contribution in [1.29, 1.82) is 0 Å². The summed E-state index contributed by atoms with van der Waals surface area (Å²) in [5, 5.41) is 2.89. The first-order valence-electron chi connectivity index (χ1n) is 7.30. The Balaban J connectivity index is 2.09. The van der Waals surface area contributed by atoms with Crippen molar-refractivity contribution in [2.24, 2.45) is 0 Å². The maximum absolute atomic E-state index is 12.4. The summed E-state index contributed by atoms with van der Waals surface area (Å²) >= 11 is 3.39. The van der Waals surface area contributed by atoms with Gasteiger partial charge in [0.05, 0.1) is 0 Å². The number of carbonyl (C=O) groups excluding carboxylic acids is 1. The normalized spacial score (nSPS) is 11.8. The Kier molecular flexibility index (Phi) is 5.61. The van der Waals surface area contributed by atoms with Gasteiger partial charge in [-0.05, 0) is 50.1 Å². The molecule has 116 valence electrons. The largest absolute Gasteiger partial charge is 0.480 e. The number of aryl methyl sites for hydroxylation is 2. The summed E-state index contributed by atoms with van der Waals surface area (Å²) in [7, 11) is 0. The summed E-state index contributed by atoms with van der Waals surface area (Å²) in [5.74, 6) is 0.613. The maximum Gasteiger partial charge on any atom is 0.265 e. The van der Waals surface area contributed by atoms with Crippen LogP contribution in [0.1, 0.15) is 24.5 Å². The molecule has 0 spiro atoms. The third-order valence-electron chi connectivity index (χ3n) is 3.36. The molecule has 1 unspecified atom stereocenters. The van der Waals surface area contributed by atoms with Crippen LogP contribution < -0.4 is 10.1 Å². The molecule has 0 aliphatic rings. The van der Waals surface area contributed by atoms with E-state index in [0.717, 1.165) is 21.5 Å². The molecule has 0 saturated heterocycles. The molecule has 1 N–H and O–H groups in total. The van der Waals surface area contributed by atoms with Gasteiger partial charge in [0, 0.05) is 10.2 Å². The van der Waals surface area contributed by atoms with E-state index in [1.165, 1.54) is 5.56 Å². The van der Waals surface area contributed by atoms with Crippen molar-refractivity contribution in [3.05, 3.63) is 58.1 Å². The van der Waals surface area contributed by atoms with Crippen molar-refractivity contribution >= 4 is 27.5 Å². The van der Waals surface area contributed by atoms with Crippen molar-refractivity contribution < 1.29 is 9.53 Å². The maximum atomic E-state index is 12.4. The molecule has 0 radical (unpaired) electrons. The lowest BCUT2D eigenvalue weighted by atomic mass is 10.1. The van der Waals surface area contributed by atoms with Crippen LogP contribution in [0.5, 0.6) is 5.75 Å². The van der Waals surface area contributed by atoms with Crippen LogP contribution in [0.2, 0.25) is 0 Å². The van der Waals surface area contributed by atoms with Gasteiger partial charge in [0.25, 0.3) is 5.91 Å². The van der Waals surface area contributed by atoms with Gasteiger partial charge in [-0.1, -0.05) is 46.6 Å². The number of carbonyl (C=O) groups is 1. The van der Waals surface area contributed by atoms with E-state index in [1.54, 1.807) is 0 Å². The van der Waals surface area contributed by atoms with Crippen LogP contribution in [0.4, 0.5) is 5.69 Å². The molecule has 2 rings (SSSR count). The van der Waals surface area contributed by atoms with Crippen LogP contribution in [0, 0.1) is 13.8 Å². The Morgan fingerprint density at radius 1 is 1.23 bits per heavy atom. The van der Waals surface area contributed by atoms with E-state index in [4.69, 9.17) is 4.74 Å². The molecule has 0 aliphatic heterocycles. The summed E-state index contributed by atoms with van der Waals surface area (Å²) in [6.07, 6.45) is 0.0908. The minimum Gasteiger partial charge on any atom is -0.480 e. The highest BCUT2D eigenvalue weighted by Gasteiger charge is 2.19. The first kappa shape index (κ1) is 16.6. The minimum atomic E-state index is -0.514. The van der Waals surface area contributed by atoms with Crippen LogP contribution >= 0.6 is 15.9 Å². The second-order valence-electron chi connectivity index (χ2n) is 5.28. The highest BCUT2D eigenvalue weighted by Crippen LogP contribution is 2.22. The number of hydrogen-bond acceptors (Lipinski definition) is 2. The van der Waals surface area contributed by atoms with E-state index in [-0.39, 0.29) is 5.91 Å². The molecule has 4 heteroatoms. The average Bonchev–Trinajstić information content (AvgIpc) is 2.46. The zero-order valence-corrected chi connectivity index (χ0v) is 14.6. The minimum absolute atomic E-state index is 0.138. The van der Waals surface area contributed by atoms with Crippen LogP contribution in [0.15, 0.2) is 46.9 Å². The first-order chi connectivity index (χ1) is 10.5. The molecule has 0 aliphatic carbocycles. The van der Waals surface area contributed by atoms with Crippen molar-refractivity contribution in [3.8, 4) is 5.75 Å². The number of ether oxygens (including phenoxy) is 1. The van der Waals surface area contributed by atoms with Gasteiger partial charge in [0.1, 0.15) is 5.75 Å². The highest BCUT2D eigenvalue weighted by atomic mass is 79.9. The molecule has 0 heterocycles. The Morgan fingerprint density at radius 2 is 2.00 bits per heavy atom. The third kappa shape index (κ3) is 4.34. The highest BCUT2D eigenvalue weighted by molar-refractivity contribution is 9.10. The second-order valence-corrected chi connectivity index (χ2v) is 6.20. The van der Waals surface area contributed by atoms with E-state index >= 15 is 0 Å². The Bertz CT molecular complexity index is 670. The Labute approximate surface area is 139 Å². The van der Waals surface area contributed by atoms with Gasteiger partial charge in [-0.2, -0.15) is 0 Å². The Hall–Kier alpha value is -1.81. The van der Waals surface area contributed by atoms with Gasteiger partial charge < -0.3 is 10.1 Å². The summed E-state index contributed by atoms with van der Waals surface area (Å²) in [4.78, 5) is 12.4. The lowest BCUT2D eigenvalue weighted by molar-refractivity contribution is -0.122. The number of amides is 1. The van der Waals surface area contributed by atoms with Crippen molar-refractivity contribution in [3.63, 3.8) is 0 Å².